The number of aromatic nitrogens is 2. The van der Waals surface area contributed by atoms with Gasteiger partial charge < -0.3 is 4.98 Å². The number of rotatable bonds is 6. The van der Waals surface area contributed by atoms with Crippen LogP contribution in [0.25, 0.3) is 0 Å². The molecular weight excluding hydrogens is 246 g/mol. The lowest BCUT2D eigenvalue weighted by Crippen LogP contribution is -2.41. The van der Waals surface area contributed by atoms with Crippen LogP contribution < -0.4 is 11.2 Å². The summed E-state index contributed by atoms with van der Waals surface area (Å²) in [7, 11) is 0. The molecule has 0 bridgehead atoms. The van der Waals surface area contributed by atoms with Crippen LogP contribution in [0.2, 0.25) is 0 Å². The Morgan fingerprint density at radius 3 is 2.68 bits per heavy atom. The average molecular weight is 265 g/mol. The van der Waals surface area contributed by atoms with E-state index in [-0.39, 0.29) is 11.3 Å². The highest BCUT2D eigenvalue weighted by atomic mass is 16.2. The quantitative estimate of drug-likeness (QED) is 0.747. The van der Waals surface area contributed by atoms with Crippen molar-refractivity contribution in [3.05, 3.63) is 32.6 Å². The minimum absolute atomic E-state index is 0.0362. The molecule has 0 amide bonds. The first-order chi connectivity index (χ1) is 9.04. The Morgan fingerprint density at radius 2 is 2.16 bits per heavy atom. The number of carbonyl (C=O) groups is 1. The number of likely N-dealkylation sites (N-methyl/N-ethyl adjacent to an activating group) is 1. The first-order valence-corrected chi connectivity index (χ1v) is 6.62. The normalized spacial score (nSPS) is 14.9. The van der Waals surface area contributed by atoms with Gasteiger partial charge in [-0.15, -0.1) is 0 Å². The van der Waals surface area contributed by atoms with Crippen molar-refractivity contribution in [1.29, 1.82) is 0 Å². The molecule has 2 rings (SSSR count). The van der Waals surface area contributed by atoms with E-state index in [4.69, 9.17) is 0 Å². The van der Waals surface area contributed by atoms with Gasteiger partial charge in [0.05, 0.1) is 5.56 Å². The summed E-state index contributed by atoms with van der Waals surface area (Å²) in [6, 6.07) is 0.593. The summed E-state index contributed by atoms with van der Waals surface area (Å²) in [5.41, 5.74) is -0.918. The van der Waals surface area contributed by atoms with Crippen molar-refractivity contribution in [2.45, 2.75) is 39.3 Å². The molecule has 104 valence electrons. The zero-order valence-corrected chi connectivity index (χ0v) is 11.3. The van der Waals surface area contributed by atoms with E-state index in [1.54, 1.807) is 0 Å². The molecular formula is C13H19N3O3. The van der Waals surface area contributed by atoms with Gasteiger partial charge in [-0.3, -0.25) is 19.1 Å². The third kappa shape index (κ3) is 3.01. The molecule has 1 saturated carbocycles. The van der Waals surface area contributed by atoms with Crippen LogP contribution in [0.1, 0.15) is 37.0 Å². The summed E-state index contributed by atoms with van der Waals surface area (Å²) < 4.78 is 1.11. The highest BCUT2D eigenvalue weighted by Gasteiger charge is 2.27. The number of carbonyl (C=O) groups excluding carboxylic acids is 1. The van der Waals surface area contributed by atoms with Gasteiger partial charge in [0.25, 0.3) is 5.56 Å². The Hall–Kier alpha value is -1.69. The first-order valence-electron chi connectivity index (χ1n) is 6.62. The number of hydrogen-bond acceptors (Lipinski definition) is 4. The number of hydrogen-bond donors (Lipinski definition) is 1. The van der Waals surface area contributed by atoms with Gasteiger partial charge in [-0.25, -0.2) is 4.79 Å². The van der Waals surface area contributed by atoms with Gasteiger partial charge in [0.15, 0.2) is 5.78 Å². The zero-order valence-electron chi connectivity index (χ0n) is 11.3. The van der Waals surface area contributed by atoms with E-state index in [1.807, 2.05) is 0 Å². The fourth-order valence-electron chi connectivity index (χ4n) is 2.23. The smallest absolute Gasteiger partial charge is 0.313 e. The lowest BCUT2D eigenvalue weighted by Gasteiger charge is -2.19. The maximum Gasteiger partial charge on any atom is 0.328 e. The predicted molar refractivity (Wildman–Crippen MR) is 71.6 cm³/mol. The van der Waals surface area contributed by atoms with Crippen molar-refractivity contribution >= 4 is 5.78 Å². The Morgan fingerprint density at radius 1 is 1.47 bits per heavy atom. The zero-order chi connectivity index (χ0) is 14.0. The summed E-state index contributed by atoms with van der Waals surface area (Å²) in [6.07, 6.45) is 3.57. The Bertz CT molecular complexity index is 584. The number of Topliss-reactive ketones (excluding diaryl/α,β-unsaturated/α-hetero) is 1. The number of ketones is 1. The number of nitrogens with zero attached hydrogens (tertiary/aromatic N) is 2. The lowest BCUT2D eigenvalue weighted by molar-refractivity contribution is 0.101. The van der Waals surface area contributed by atoms with Crippen LogP contribution in [0.5, 0.6) is 0 Å². The topological polar surface area (TPSA) is 75.2 Å². The van der Waals surface area contributed by atoms with Gasteiger partial charge in [0.1, 0.15) is 0 Å². The van der Waals surface area contributed by atoms with Gasteiger partial charge in [0.2, 0.25) is 0 Å². The molecule has 1 aromatic heterocycles. The monoisotopic (exact) mass is 265 g/mol. The molecule has 0 aromatic carbocycles. The highest BCUT2D eigenvalue weighted by Crippen LogP contribution is 2.25. The van der Waals surface area contributed by atoms with Crippen LogP contribution in [0, 0.1) is 0 Å². The standard InChI is InChI=1S/C13H19N3O3/c1-3-15(10-4-5-10)6-7-16-12(18)11(9(2)17)8-14-13(16)19/h8,10H,3-7H2,1-2H3,(H,14,19). The lowest BCUT2D eigenvalue weighted by atomic mass is 10.2. The third-order valence-electron chi connectivity index (χ3n) is 3.52. The third-order valence-corrected chi connectivity index (χ3v) is 3.52. The minimum Gasteiger partial charge on any atom is -0.313 e. The van der Waals surface area contributed by atoms with Crippen molar-refractivity contribution in [3.8, 4) is 0 Å². The minimum atomic E-state index is -0.497. The van der Waals surface area contributed by atoms with Crippen molar-refractivity contribution in [1.82, 2.24) is 14.5 Å². The van der Waals surface area contributed by atoms with Crippen molar-refractivity contribution < 1.29 is 4.79 Å². The first kappa shape index (κ1) is 13.7. The van der Waals surface area contributed by atoms with Crippen LogP contribution in [-0.4, -0.2) is 39.4 Å². The Labute approximate surface area is 111 Å². The Balaban J connectivity index is 2.19. The van der Waals surface area contributed by atoms with Gasteiger partial charge in [-0.1, -0.05) is 6.92 Å². The van der Waals surface area contributed by atoms with Crippen LogP contribution in [-0.2, 0) is 6.54 Å². The predicted octanol–water partition coefficient (Wildman–Crippen LogP) is 0.224. The fraction of sp³-hybridized carbons (Fsp3) is 0.615. The molecule has 1 N–H and O–H groups in total. The maximum atomic E-state index is 12.0. The second kappa shape index (κ2) is 5.52. The number of aromatic amines is 1. The molecule has 0 unspecified atom stereocenters. The summed E-state index contributed by atoms with van der Waals surface area (Å²) in [5.74, 6) is -0.329. The van der Waals surface area contributed by atoms with E-state index in [1.165, 1.54) is 26.0 Å². The second-order valence-electron chi connectivity index (χ2n) is 4.88. The summed E-state index contributed by atoms with van der Waals surface area (Å²) in [4.78, 5) is 39.7. The van der Waals surface area contributed by atoms with Crippen molar-refractivity contribution in [3.63, 3.8) is 0 Å². The van der Waals surface area contributed by atoms with E-state index in [9.17, 15) is 14.4 Å². The van der Waals surface area contributed by atoms with E-state index in [0.717, 1.165) is 11.1 Å². The molecule has 1 aromatic rings. The number of H-pyrrole nitrogens is 1. The molecule has 1 aliphatic rings. The molecule has 0 radical (unpaired) electrons. The largest absolute Gasteiger partial charge is 0.328 e. The molecule has 6 heteroatoms. The van der Waals surface area contributed by atoms with Crippen molar-refractivity contribution in [2.24, 2.45) is 0 Å². The van der Waals surface area contributed by atoms with Gasteiger partial charge in [0, 0.05) is 25.3 Å². The SMILES string of the molecule is CCN(CCn1c(=O)[nH]cc(C(C)=O)c1=O)C1CC1. The van der Waals surface area contributed by atoms with E-state index in [0.29, 0.717) is 19.1 Å². The Kier molecular flexibility index (Phi) is 3.99. The highest BCUT2D eigenvalue weighted by molar-refractivity contribution is 5.93. The van der Waals surface area contributed by atoms with Gasteiger partial charge in [-0.05, 0) is 26.3 Å². The van der Waals surface area contributed by atoms with Gasteiger partial charge >= 0.3 is 5.69 Å². The summed E-state index contributed by atoms with van der Waals surface area (Å²) in [6.45, 7) is 5.27. The molecule has 1 heterocycles. The molecule has 1 fully saturated rings. The molecule has 0 atom stereocenters. The van der Waals surface area contributed by atoms with Crippen LogP contribution in [0.15, 0.2) is 15.8 Å². The molecule has 0 aliphatic heterocycles. The molecule has 6 nitrogen and oxygen atoms in total. The van der Waals surface area contributed by atoms with Crippen LogP contribution in [0.4, 0.5) is 0 Å². The van der Waals surface area contributed by atoms with Crippen LogP contribution >= 0.6 is 0 Å². The fourth-order valence-corrected chi connectivity index (χ4v) is 2.23. The summed E-state index contributed by atoms with van der Waals surface area (Å²) >= 11 is 0. The van der Waals surface area contributed by atoms with Crippen molar-refractivity contribution in [2.75, 3.05) is 13.1 Å². The maximum absolute atomic E-state index is 12.0. The average Bonchev–Trinajstić information content (AvgIpc) is 3.17. The molecule has 0 spiro atoms. The van der Waals surface area contributed by atoms with E-state index in [2.05, 4.69) is 16.8 Å². The molecule has 19 heavy (non-hydrogen) atoms. The summed E-state index contributed by atoms with van der Waals surface area (Å²) in [5, 5.41) is 0. The number of nitrogens with one attached hydrogen (secondary N) is 1. The van der Waals surface area contributed by atoms with Gasteiger partial charge in [-0.2, -0.15) is 0 Å². The molecule has 1 aliphatic carbocycles. The molecule has 0 saturated heterocycles. The van der Waals surface area contributed by atoms with E-state index >= 15 is 0 Å². The second-order valence-corrected chi connectivity index (χ2v) is 4.88. The van der Waals surface area contributed by atoms with E-state index < -0.39 is 11.2 Å². The van der Waals surface area contributed by atoms with Crippen LogP contribution in [0.3, 0.4) is 0 Å².